The first kappa shape index (κ1) is 18.3. The van der Waals surface area contributed by atoms with Gasteiger partial charge in [-0.25, -0.2) is 0 Å². The fraction of sp³-hybridized carbons (Fsp3) is 0.238. The molecule has 0 spiro atoms. The molecule has 27 heavy (non-hydrogen) atoms. The summed E-state index contributed by atoms with van der Waals surface area (Å²) < 4.78 is 10.5. The first-order chi connectivity index (χ1) is 13.2. The Labute approximate surface area is 158 Å². The van der Waals surface area contributed by atoms with E-state index in [1.165, 1.54) is 12.7 Å². The highest BCUT2D eigenvalue weighted by Gasteiger charge is 2.18. The highest BCUT2D eigenvalue weighted by Crippen LogP contribution is 2.30. The van der Waals surface area contributed by atoms with Crippen molar-refractivity contribution in [3.05, 3.63) is 59.8 Å². The molecule has 6 nitrogen and oxygen atoms in total. The van der Waals surface area contributed by atoms with Gasteiger partial charge in [-0.2, -0.15) is 5.26 Å². The number of rotatable bonds is 5. The van der Waals surface area contributed by atoms with E-state index in [0.29, 0.717) is 17.2 Å². The van der Waals surface area contributed by atoms with Gasteiger partial charge in [0.15, 0.2) is 0 Å². The van der Waals surface area contributed by atoms with Crippen LogP contribution in [0, 0.1) is 11.3 Å². The molecule has 0 unspecified atom stereocenters. The zero-order valence-electron chi connectivity index (χ0n) is 15.4. The summed E-state index contributed by atoms with van der Waals surface area (Å²) in [5.41, 5.74) is 2.72. The van der Waals surface area contributed by atoms with E-state index >= 15 is 0 Å². The molecule has 0 radical (unpaired) electrons. The molecule has 1 N–H and O–H groups in total. The minimum Gasteiger partial charge on any atom is -0.497 e. The lowest BCUT2D eigenvalue weighted by molar-refractivity contribution is -0.112. The van der Waals surface area contributed by atoms with Crippen molar-refractivity contribution in [2.24, 2.45) is 0 Å². The van der Waals surface area contributed by atoms with Crippen LogP contribution < -0.4 is 19.7 Å². The van der Waals surface area contributed by atoms with Crippen LogP contribution in [0.15, 0.2) is 54.2 Å². The highest BCUT2D eigenvalue weighted by atomic mass is 16.5. The Morgan fingerprint density at radius 3 is 2.78 bits per heavy atom. The Bertz CT molecular complexity index is 915. The minimum atomic E-state index is -0.493. The first-order valence-electron chi connectivity index (χ1n) is 8.66. The predicted molar refractivity (Wildman–Crippen MR) is 104 cm³/mol. The summed E-state index contributed by atoms with van der Waals surface area (Å²) in [6, 6.07) is 15.1. The molecule has 0 aliphatic carbocycles. The number of anilines is 2. The van der Waals surface area contributed by atoms with E-state index in [9.17, 15) is 10.1 Å². The maximum atomic E-state index is 12.7. The third-order valence-corrected chi connectivity index (χ3v) is 4.45. The molecule has 3 rings (SSSR count). The minimum absolute atomic E-state index is 0.0246. The second-order valence-electron chi connectivity index (χ2n) is 6.10. The molecule has 2 aromatic rings. The maximum Gasteiger partial charge on any atom is 0.267 e. The summed E-state index contributed by atoms with van der Waals surface area (Å²) in [6.07, 6.45) is 3.58. The SMILES string of the molecule is COc1ccc(OC)c(NC(=O)/C(C#N)=C\N2CCCc3ccccc32)c1. The quantitative estimate of drug-likeness (QED) is 0.650. The molecular formula is C21H21N3O3. The van der Waals surface area contributed by atoms with E-state index in [1.54, 1.807) is 31.5 Å². The molecule has 0 aromatic heterocycles. The van der Waals surface area contributed by atoms with Crippen molar-refractivity contribution in [3.8, 4) is 17.6 Å². The number of amides is 1. The predicted octanol–water partition coefficient (Wildman–Crippen LogP) is 3.50. The summed E-state index contributed by atoms with van der Waals surface area (Å²) in [5.74, 6) is 0.579. The molecule has 2 aromatic carbocycles. The van der Waals surface area contributed by atoms with E-state index < -0.39 is 5.91 Å². The van der Waals surface area contributed by atoms with Gasteiger partial charge < -0.3 is 19.7 Å². The Balaban J connectivity index is 1.86. The number of carbonyl (C=O) groups excluding carboxylic acids is 1. The number of ether oxygens (including phenoxy) is 2. The van der Waals surface area contributed by atoms with Gasteiger partial charge in [0.2, 0.25) is 0 Å². The lowest BCUT2D eigenvalue weighted by atomic mass is 10.0. The number of nitrogens with one attached hydrogen (secondary N) is 1. The van der Waals surface area contributed by atoms with Gasteiger partial charge in [0.1, 0.15) is 23.1 Å². The van der Waals surface area contributed by atoms with Gasteiger partial charge in [-0.05, 0) is 36.6 Å². The summed E-state index contributed by atoms with van der Waals surface area (Å²) in [4.78, 5) is 14.6. The Morgan fingerprint density at radius 2 is 2.04 bits per heavy atom. The van der Waals surface area contributed by atoms with Gasteiger partial charge >= 0.3 is 0 Å². The fourth-order valence-corrected chi connectivity index (χ4v) is 3.09. The zero-order valence-corrected chi connectivity index (χ0v) is 15.4. The van der Waals surface area contributed by atoms with Crippen LogP contribution in [0.25, 0.3) is 0 Å². The van der Waals surface area contributed by atoms with Crippen molar-refractivity contribution in [3.63, 3.8) is 0 Å². The molecule has 0 bridgehead atoms. The lowest BCUT2D eigenvalue weighted by Crippen LogP contribution is -2.26. The molecule has 0 saturated carbocycles. The molecule has 1 amide bonds. The third kappa shape index (κ3) is 4.04. The van der Waals surface area contributed by atoms with Crippen LogP contribution in [0.4, 0.5) is 11.4 Å². The van der Waals surface area contributed by atoms with Crippen molar-refractivity contribution in [2.45, 2.75) is 12.8 Å². The lowest BCUT2D eigenvalue weighted by Gasteiger charge is -2.28. The smallest absolute Gasteiger partial charge is 0.267 e. The van der Waals surface area contributed by atoms with Crippen LogP contribution in [0.2, 0.25) is 0 Å². The van der Waals surface area contributed by atoms with E-state index in [0.717, 1.165) is 25.1 Å². The van der Waals surface area contributed by atoms with Crippen LogP contribution in [0.1, 0.15) is 12.0 Å². The summed E-state index contributed by atoms with van der Waals surface area (Å²) >= 11 is 0. The van der Waals surface area contributed by atoms with Crippen LogP contribution in [0.3, 0.4) is 0 Å². The monoisotopic (exact) mass is 363 g/mol. The number of fused-ring (bicyclic) bond motifs is 1. The Kier molecular flexibility index (Phi) is 5.62. The molecule has 1 aliphatic heterocycles. The number of hydrogen-bond acceptors (Lipinski definition) is 5. The number of para-hydroxylation sites is 1. The molecule has 6 heteroatoms. The van der Waals surface area contributed by atoms with Gasteiger partial charge in [-0.3, -0.25) is 4.79 Å². The summed E-state index contributed by atoms with van der Waals surface area (Å²) in [5, 5.41) is 12.3. The molecule has 1 heterocycles. The maximum absolute atomic E-state index is 12.7. The molecule has 1 aliphatic rings. The number of aryl methyl sites for hydroxylation is 1. The average Bonchev–Trinajstić information content (AvgIpc) is 2.71. The third-order valence-electron chi connectivity index (χ3n) is 4.45. The Morgan fingerprint density at radius 1 is 1.22 bits per heavy atom. The van der Waals surface area contributed by atoms with Crippen molar-refractivity contribution in [1.29, 1.82) is 5.26 Å². The van der Waals surface area contributed by atoms with E-state index in [-0.39, 0.29) is 5.57 Å². The number of nitrogens with zero attached hydrogens (tertiary/aromatic N) is 2. The fourth-order valence-electron chi connectivity index (χ4n) is 3.09. The largest absolute Gasteiger partial charge is 0.497 e. The molecule has 0 saturated heterocycles. The summed E-state index contributed by atoms with van der Waals surface area (Å²) in [6.45, 7) is 0.762. The van der Waals surface area contributed by atoms with Crippen molar-refractivity contribution in [2.75, 3.05) is 31.0 Å². The van der Waals surface area contributed by atoms with Gasteiger partial charge in [0.25, 0.3) is 5.91 Å². The average molecular weight is 363 g/mol. The number of benzene rings is 2. The van der Waals surface area contributed by atoms with Crippen LogP contribution in [-0.4, -0.2) is 26.7 Å². The topological polar surface area (TPSA) is 74.6 Å². The van der Waals surface area contributed by atoms with Crippen molar-refractivity contribution < 1.29 is 14.3 Å². The highest BCUT2D eigenvalue weighted by molar-refractivity contribution is 6.07. The second kappa shape index (κ2) is 8.28. The second-order valence-corrected chi connectivity index (χ2v) is 6.10. The van der Waals surface area contributed by atoms with Gasteiger partial charge in [0, 0.05) is 24.5 Å². The van der Waals surface area contributed by atoms with E-state index in [1.807, 2.05) is 29.2 Å². The standard InChI is InChI=1S/C21H21N3O3/c1-26-17-9-10-20(27-2)18(12-17)23-21(25)16(13-22)14-24-11-5-7-15-6-3-4-8-19(15)24/h3-4,6,8-10,12,14H,5,7,11H2,1-2H3,(H,23,25)/b16-14-. The normalized spacial score (nSPS) is 13.4. The van der Waals surface area contributed by atoms with Crippen LogP contribution in [-0.2, 0) is 11.2 Å². The Hall–Kier alpha value is -3.46. The van der Waals surface area contributed by atoms with Crippen LogP contribution in [0.5, 0.6) is 11.5 Å². The van der Waals surface area contributed by atoms with E-state index in [2.05, 4.69) is 11.4 Å². The van der Waals surface area contributed by atoms with Crippen LogP contribution >= 0.6 is 0 Å². The molecule has 0 fully saturated rings. The molecule has 0 atom stereocenters. The number of hydrogen-bond donors (Lipinski definition) is 1. The molecular weight excluding hydrogens is 342 g/mol. The van der Waals surface area contributed by atoms with E-state index in [4.69, 9.17) is 9.47 Å². The van der Waals surface area contributed by atoms with Crippen molar-refractivity contribution in [1.82, 2.24) is 0 Å². The first-order valence-corrected chi connectivity index (χ1v) is 8.66. The van der Waals surface area contributed by atoms with Gasteiger partial charge in [0.05, 0.1) is 19.9 Å². The zero-order chi connectivity index (χ0) is 19.2. The van der Waals surface area contributed by atoms with Gasteiger partial charge in [-0.1, -0.05) is 18.2 Å². The number of nitriles is 1. The van der Waals surface area contributed by atoms with Gasteiger partial charge in [-0.15, -0.1) is 0 Å². The molecule has 138 valence electrons. The summed E-state index contributed by atoms with van der Waals surface area (Å²) in [7, 11) is 3.06. The number of carbonyl (C=O) groups is 1. The van der Waals surface area contributed by atoms with Crippen molar-refractivity contribution >= 4 is 17.3 Å². The number of methoxy groups -OCH3 is 2.